The monoisotopic (exact) mass is 542 g/mol. The summed E-state index contributed by atoms with van der Waals surface area (Å²) in [4.78, 5) is 40.9. The molecular weight excluding hydrogens is 508 g/mol. The molecule has 1 N–H and O–H groups in total. The highest BCUT2D eigenvalue weighted by Gasteiger charge is 2.41. The van der Waals surface area contributed by atoms with Gasteiger partial charge in [0, 0.05) is 36.8 Å². The third-order valence-electron chi connectivity index (χ3n) is 6.10. The molecule has 2 aliphatic rings. The number of pyridine rings is 1. The number of hydrogen-bond donors (Lipinski definition) is 1. The third-order valence-corrected chi connectivity index (χ3v) is 7.95. The third kappa shape index (κ3) is 6.84. The van der Waals surface area contributed by atoms with Crippen molar-refractivity contribution in [3.8, 4) is 10.6 Å². The van der Waals surface area contributed by atoms with Crippen LogP contribution in [0.2, 0.25) is 0 Å². The zero-order valence-corrected chi connectivity index (χ0v) is 23.8. The van der Waals surface area contributed by atoms with Crippen molar-refractivity contribution >= 4 is 46.1 Å². The molecule has 2 saturated heterocycles. The number of likely N-dealkylation sites (tertiary alicyclic amines) is 1. The van der Waals surface area contributed by atoms with Gasteiger partial charge in [-0.2, -0.15) is 0 Å². The van der Waals surface area contributed by atoms with Crippen LogP contribution in [0.5, 0.6) is 0 Å². The minimum Gasteiger partial charge on any atom is -0.444 e. The van der Waals surface area contributed by atoms with Crippen LogP contribution < -0.4 is 5.32 Å². The standard InChI is InChI=1S/C14H14N4S2.C12H20N2O3/c1-8-4-5-12(15-6-8)18-14-17-11(7-19-14)13-9(2)16-10(3)20-13;1-12(2,3)17-11(16)13-6-9-4-5-10(7-13)14(9)8-15/h4-7H,1-3H3,(H,15,17,18);8-10H,4-7H2,1-3H3/t;9-,10+. The molecule has 2 fully saturated rings. The Morgan fingerprint density at radius 3 is 2.38 bits per heavy atom. The van der Waals surface area contributed by atoms with Crippen molar-refractivity contribution < 1.29 is 14.3 Å². The molecule has 3 aromatic heterocycles. The molecule has 9 nitrogen and oxygen atoms in total. The molecule has 5 heterocycles. The topological polar surface area (TPSA) is 101 Å². The van der Waals surface area contributed by atoms with E-state index in [1.807, 2.05) is 64.8 Å². The Labute approximate surface area is 225 Å². The number of carbonyl (C=O) groups excluding carboxylic acids is 2. The van der Waals surface area contributed by atoms with Gasteiger partial charge < -0.3 is 19.9 Å². The van der Waals surface area contributed by atoms with Gasteiger partial charge in [0.25, 0.3) is 0 Å². The highest BCUT2D eigenvalue weighted by Crippen LogP contribution is 2.33. The summed E-state index contributed by atoms with van der Waals surface area (Å²) in [5.74, 6) is 0.814. The fourth-order valence-corrected chi connectivity index (χ4v) is 6.10. The first-order valence-corrected chi connectivity index (χ1v) is 14.0. The Bertz CT molecular complexity index is 1220. The second kappa shape index (κ2) is 11.1. The SMILES string of the molecule is CC(C)(C)OC(=O)N1C[C@H]2CC[C@@H](C1)N2C=O.Cc1ccc(Nc2nc(-c3sc(C)nc3C)cs2)nc1. The van der Waals surface area contributed by atoms with Crippen LogP contribution in [0.3, 0.4) is 0 Å². The zero-order valence-electron chi connectivity index (χ0n) is 22.1. The van der Waals surface area contributed by atoms with Gasteiger partial charge in [0.1, 0.15) is 11.4 Å². The van der Waals surface area contributed by atoms with Crippen molar-refractivity contribution in [3.05, 3.63) is 40.0 Å². The number of fused-ring (bicyclic) bond motifs is 2. The fourth-order valence-electron chi connectivity index (χ4n) is 4.44. The average Bonchev–Trinajstić information content (AvgIpc) is 3.49. The lowest BCUT2D eigenvalue weighted by Crippen LogP contribution is -2.55. The van der Waals surface area contributed by atoms with E-state index < -0.39 is 5.60 Å². The van der Waals surface area contributed by atoms with E-state index in [9.17, 15) is 9.59 Å². The van der Waals surface area contributed by atoms with Gasteiger partial charge in [-0.15, -0.1) is 22.7 Å². The molecule has 0 spiro atoms. The number of aryl methyl sites for hydroxylation is 3. The average molecular weight is 543 g/mol. The maximum absolute atomic E-state index is 11.9. The van der Waals surface area contributed by atoms with Crippen LogP contribution in [-0.4, -0.2) is 68.0 Å². The van der Waals surface area contributed by atoms with Crippen molar-refractivity contribution in [1.82, 2.24) is 24.8 Å². The van der Waals surface area contributed by atoms with Gasteiger partial charge in [0.05, 0.1) is 21.3 Å². The van der Waals surface area contributed by atoms with E-state index in [-0.39, 0.29) is 18.2 Å². The van der Waals surface area contributed by atoms with Gasteiger partial charge in [-0.1, -0.05) is 6.07 Å². The van der Waals surface area contributed by atoms with Gasteiger partial charge in [-0.25, -0.2) is 19.7 Å². The zero-order chi connectivity index (χ0) is 26.7. The van der Waals surface area contributed by atoms with Gasteiger partial charge in [-0.3, -0.25) is 4.79 Å². The first-order chi connectivity index (χ1) is 17.5. The molecule has 0 radical (unpaired) electrons. The molecule has 0 aromatic carbocycles. The van der Waals surface area contributed by atoms with Crippen molar-refractivity contribution in [2.45, 2.75) is 72.1 Å². The van der Waals surface area contributed by atoms with Crippen LogP contribution in [0.15, 0.2) is 23.7 Å². The number of anilines is 2. The summed E-state index contributed by atoms with van der Waals surface area (Å²) in [6.45, 7) is 12.8. The van der Waals surface area contributed by atoms with Crippen molar-refractivity contribution in [2.75, 3.05) is 18.4 Å². The van der Waals surface area contributed by atoms with E-state index in [0.717, 1.165) is 57.0 Å². The highest BCUT2D eigenvalue weighted by molar-refractivity contribution is 7.16. The second-order valence-corrected chi connectivity index (χ2v) is 12.4. The van der Waals surface area contributed by atoms with Gasteiger partial charge in [-0.05, 0) is 66.0 Å². The van der Waals surface area contributed by atoms with Crippen LogP contribution in [0.1, 0.15) is 49.9 Å². The van der Waals surface area contributed by atoms with Gasteiger partial charge >= 0.3 is 6.09 Å². The first kappa shape index (κ1) is 27.0. The van der Waals surface area contributed by atoms with Crippen molar-refractivity contribution in [3.63, 3.8) is 0 Å². The maximum atomic E-state index is 11.9. The number of nitrogens with zero attached hydrogens (tertiary/aromatic N) is 5. The van der Waals surface area contributed by atoms with E-state index in [1.165, 1.54) is 0 Å². The summed E-state index contributed by atoms with van der Waals surface area (Å²) < 4.78 is 5.35. The molecule has 0 saturated carbocycles. The molecular formula is C26H34N6O3S2. The minimum absolute atomic E-state index is 0.179. The first-order valence-electron chi connectivity index (χ1n) is 12.3. The van der Waals surface area contributed by atoms with Crippen LogP contribution >= 0.6 is 22.7 Å². The number of piperazine rings is 1. The number of amides is 2. The Morgan fingerprint density at radius 1 is 1.14 bits per heavy atom. The van der Waals surface area contributed by atoms with Crippen LogP contribution in [-0.2, 0) is 9.53 Å². The van der Waals surface area contributed by atoms with E-state index >= 15 is 0 Å². The number of hydrogen-bond acceptors (Lipinski definition) is 9. The normalized spacial score (nSPS) is 18.8. The quantitative estimate of drug-likeness (QED) is 0.431. The number of nitrogens with one attached hydrogen (secondary N) is 1. The Morgan fingerprint density at radius 2 is 1.84 bits per heavy atom. The summed E-state index contributed by atoms with van der Waals surface area (Å²) in [5, 5.41) is 7.20. The molecule has 2 atom stereocenters. The lowest BCUT2D eigenvalue weighted by Gasteiger charge is -2.39. The van der Waals surface area contributed by atoms with Crippen molar-refractivity contribution in [1.29, 1.82) is 0 Å². The fraction of sp³-hybridized carbons (Fsp3) is 0.500. The molecule has 2 amide bonds. The summed E-state index contributed by atoms with van der Waals surface area (Å²) >= 11 is 3.26. The summed E-state index contributed by atoms with van der Waals surface area (Å²) in [6.07, 6.45) is 4.47. The van der Waals surface area contributed by atoms with E-state index in [2.05, 4.69) is 25.6 Å². The number of carbonyl (C=O) groups is 2. The Kier molecular flexibility index (Phi) is 8.13. The van der Waals surface area contributed by atoms with E-state index in [1.54, 1.807) is 27.6 Å². The number of thiazole rings is 2. The van der Waals surface area contributed by atoms with E-state index in [0.29, 0.717) is 13.1 Å². The Balaban J connectivity index is 0.000000176. The number of ether oxygens (including phenoxy) is 1. The lowest BCUT2D eigenvalue weighted by molar-refractivity contribution is -0.123. The molecule has 198 valence electrons. The summed E-state index contributed by atoms with van der Waals surface area (Å²) in [7, 11) is 0. The van der Waals surface area contributed by atoms with Crippen molar-refractivity contribution in [2.24, 2.45) is 0 Å². The molecule has 37 heavy (non-hydrogen) atoms. The molecule has 0 aliphatic carbocycles. The Hall–Kier alpha value is -3.05. The van der Waals surface area contributed by atoms with Gasteiger partial charge in [0.15, 0.2) is 5.13 Å². The molecule has 2 bridgehead atoms. The molecule has 2 aliphatic heterocycles. The lowest BCUT2D eigenvalue weighted by atomic mass is 10.2. The summed E-state index contributed by atoms with van der Waals surface area (Å²) in [6, 6.07) is 4.34. The van der Waals surface area contributed by atoms with Crippen LogP contribution in [0.25, 0.3) is 10.6 Å². The molecule has 11 heteroatoms. The molecule has 3 aromatic rings. The number of rotatable bonds is 4. The van der Waals surface area contributed by atoms with Gasteiger partial charge in [0.2, 0.25) is 6.41 Å². The van der Waals surface area contributed by atoms with E-state index in [4.69, 9.17) is 4.74 Å². The predicted molar refractivity (Wildman–Crippen MR) is 147 cm³/mol. The summed E-state index contributed by atoms with van der Waals surface area (Å²) in [5.41, 5.74) is 2.70. The van der Waals surface area contributed by atoms with Crippen LogP contribution in [0.4, 0.5) is 15.7 Å². The minimum atomic E-state index is -0.460. The molecule has 0 unspecified atom stereocenters. The highest BCUT2D eigenvalue weighted by atomic mass is 32.1. The van der Waals surface area contributed by atoms with Crippen LogP contribution in [0, 0.1) is 20.8 Å². The largest absolute Gasteiger partial charge is 0.444 e. The maximum Gasteiger partial charge on any atom is 0.410 e. The predicted octanol–water partition coefficient (Wildman–Crippen LogP) is 5.56. The number of aromatic nitrogens is 3. The smallest absolute Gasteiger partial charge is 0.410 e. The second-order valence-electron chi connectivity index (χ2n) is 10.4. The molecule has 5 rings (SSSR count).